The van der Waals surface area contributed by atoms with Gasteiger partial charge >= 0.3 is 0 Å². The number of aryl methyl sites for hydroxylation is 1. The van der Waals surface area contributed by atoms with Crippen molar-refractivity contribution in [2.45, 2.75) is 32.4 Å². The van der Waals surface area contributed by atoms with Gasteiger partial charge in [0.15, 0.2) is 0 Å². The van der Waals surface area contributed by atoms with Crippen LogP contribution in [0.5, 0.6) is 0 Å². The Labute approximate surface area is 120 Å². The van der Waals surface area contributed by atoms with E-state index in [1.165, 1.54) is 17.5 Å². The third kappa shape index (κ3) is 2.92. The molecule has 2 heterocycles. The fourth-order valence-corrected chi connectivity index (χ4v) is 2.89. The molecule has 0 radical (unpaired) electrons. The summed E-state index contributed by atoms with van der Waals surface area (Å²) in [6.07, 6.45) is 6.45. The molecule has 1 aromatic carbocycles. The van der Waals surface area contributed by atoms with E-state index >= 15 is 0 Å². The second-order valence-corrected chi connectivity index (χ2v) is 5.72. The molecule has 0 amide bonds. The van der Waals surface area contributed by atoms with E-state index in [0.29, 0.717) is 6.04 Å². The lowest BCUT2D eigenvalue weighted by atomic mass is 10.1. The average Bonchev–Trinajstić information content (AvgIpc) is 2.87. The normalized spacial score (nSPS) is 20.2. The first-order valence-electron chi connectivity index (χ1n) is 7.30. The average molecular weight is 270 g/mol. The van der Waals surface area contributed by atoms with Crippen LogP contribution in [0, 0.1) is 6.92 Å². The molecule has 1 aliphatic rings. The molecule has 2 aromatic rings. The summed E-state index contributed by atoms with van der Waals surface area (Å²) in [6, 6.07) is 8.64. The van der Waals surface area contributed by atoms with Crippen molar-refractivity contribution in [3.63, 3.8) is 0 Å². The molecule has 1 aromatic heterocycles. The maximum Gasteiger partial charge on any atom is 0.0674 e. The summed E-state index contributed by atoms with van der Waals surface area (Å²) in [4.78, 5) is 2.42. The molecule has 106 valence electrons. The molecule has 0 unspecified atom stereocenters. The maximum absolute atomic E-state index is 6.03. The molecule has 4 heteroatoms. The fourth-order valence-electron chi connectivity index (χ4n) is 2.89. The van der Waals surface area contributed by atoms with Crippen LogP contribution in [0.15, 0.2) is 36.7 Å². The van der Waals surface area contributed by atoms with Gasteiger partial charge in [0.2, 0.25) is 0 Å². The molecular weight excluding hydrogens is 248 g/mol. The van der Waals surface area contributed by atoms with Crippen LogP contribution >= 0.6 is 0 Å². The molecule has 1 fully saturated rings. The van der Waals surface area contributed by atoms with Gasteiger partial charge in [-0.05, 0) is 37.9 Å². The van der Waals surface area contributed by atoms with Gasteiger partial charge in [-0.1, -0.05) is 18.2 Å². The summed E-state index contributed by atoms with van der Waals surface area (Å²) >= 11 is 0. The van der Waals surface area contributed by atoms with Crippen LogP contribution in [0.4, 0.5) is 0 Å². The summed E-state index contributed by atoms with van der Waals surface area (Å²) < 4.78 is 1.97. The molecule has 0 bridgehead atoms. The van der Waals surface area contributed by atoms with Gasteiger partial charge in [0.05, 0.1) is 11.9 Å². The van der Waals surface area contributed by atoms with Gasteiger partial charge in [-0.25, -0.2) is 4.68 Å². The van der Waals surface area contributed by atoms with E-state index in [1.54, 1.807) is 0 Å². The second kappa shape index (κ2) is 5.77. The maximum atomic E-state index is 6.03. The molecule has 1 aliphatic heterocycles. The van der Waals surface area contributed by atoms with Crippen molar-refractivity contribution in [2.24, 2.45) is 5.73 Å². The van der Waals surface area contributed by atoms with Crippen LogP contribution in [-0.2, 0) is 6.54 Å². The van der Waals surface area contributed by atoms with E-state index in [9.17, 15) is 0 Å². The van der Waals surface area contributed by atoms with E-state index in [0.717, 1.165) is 31.7 Å². The van der Waals surface area contributed by atoms with Crippen molar-refractivity contribution in [3.8, 4) is 5.69 Å². The van der Waals surface area contributed by atoms with Crippen LogP contribution in [-0.4, -0.2) is 33.8 Å². The minimum absolute atomic E-state index is 0.329. The first-order chi connectivity index (χ1) is 9.72. The summed E-state index contributed by atoms with van der Waals surface area (Å²) in [5.74, 6) is 0. The Morgan fingerprint density at radius 3 is 3.00 bits per heavy atom. The number of hydrogen-bond acceptors (Lipinski definition) is 3. The van der Waals surface area contributed by atoms with E-state index in [2.05, 4.69) is 41.3 Å². The quantitative estimate of drug-likeness (QED) is 0.929. The van der Waals surface area contributed by atoms with Gasteiger partial charge in [0, 0.05) is 30.9 Å². The van der Waals surface area contributed by atoms with Crippen molar-refractivity contribution in [2.75, 3.05) is 13.1 Å². The van der Waals surface area contributed by atoms with Gasteiger partial charge in [0.1, 0.15) is 0 Å². The van der Waals surface area contributed by atoms with Crippen molar-refractivity contribution < 1.29 is 0 Å². The predicted octanol–water partition coefficient (Wildman–Crippen LogP) is 2.10. The minimum Gasteiger partial charge on any atom is -0.327 e. The van der Waals surface area contributed by atoms with E-state index in [-0.39, 0.29) is 0 Å². The second-order valence-electron chi connectivity index (χ2n) is 5.72. The van der Waals surface area contributed by atoms with Crippen LogP contribution < -0.4 is 5.73 Å². The van der Waals surface area contributed by atoms with Gasteiger partial charge < -0.3 is 5.73 Å². The largest absolute Gasteiger partial charge is 0.327 e. The lowest BCUT2D eigenvalue weighted by Gasteiger charge is -2.30. The van der Waals surface area contributed by atoms with Gasteiger partial charge in [-0.15, -0.1) is 0 Å². The number of para-hydroxylation sites is 1. The summed E-state index contributed by atoms with van der Waals surface area (Å²) in [5, 5.41) is 4.49. The van der Waals surface area contributed by atoms with Crippen LogP contribution in [0.2, 0.25) is 0 Å². The first kappa shape index (κ1) is 13.3. The highest BCUT2D eigenvalue weighted by molar-refractivity contribution is 5.39. The Morgan fingerprint density at radius 2 is 2.20 bits per heavy atom. The number of benzene rings is 1. The number of piperidine rings is 1. The standard InChI is InChI=1S/C16H22N4/c1-13-5-2-3-7-16(13)20-11-14(9-18-20)10-19-8-4-6-15(17)12-19/h2-3,5,7,9,11,15H,4,6,8,10,12,17H2,1H3/t15-/m1/s1. The number of rotatable bonds is 3. The highest BCUT2D eigenvalue weighted by atomic mass is 15.3. The van der Waals surface area contributed by atoms with Gasteiger partial charge in [0.25, 0.3) is 0 Å². The summed E-state index contributed by atoms with van der Waals surface area (Å²) in [7, 11) is 0. The number of likely N-dealkylation sites (tertiary alicyclic amines) is 1. The number of nitrogens with two attached hydrogens (primary N) is 1. The molecule has 1 atom stereocenters. The monoisotopic (exact) mass is 270 g/mol. The van der Waals surface area contributed by atoms with Crippen molar-refractivity contribution in [1.82, 2.24) is 14.7 Å². The lowest BCUT2D eigenvalue weighted by Crippen LogP contribution is -2.42. The minimum atomic E-state index is 0.329. The van der Waals surface area contributed by atoms with E-state index in [4.69, 9.17) is 5.73 Å². The Balaban J connectivity index is 1.72. The number of aromatic nitrogens is 2. The topological polar surface area (TPSA) is 47.1 Å². The van der Waals surface area contributed by atoms with Crippen LogP contribution in [0.1, 0.15) is 24.0 Å². The Kier molecular flexibility index (Phi) is 3.85. The van der Waals surface area contributed by atoms with E-state index in [1.807, 2.05) is 16.9 Å². The van der Waals surface area contributed by atoms with Gasteiger partial charge in [-0.3, -0.25) is 4.90 Å². The molecule has 1 saturated heterocycles. The SMILES string of the molecule is Cc1ccccc1-n1cc(CN2CCC[C@@H](N)C2)cn1. The van der Waals surface area contributed by atoms with Crippen molar-refractivity contribution >= 4 is 0 Å². The van der Waals surface area contributed by atoms with Crippen molar-refractivity contribution in [3.05, 3.63) is 47.8 Å². The third-order valence-electron chi connectivity index (χ3n) is 3.95. The Morgan fingerprint density at radius 1 is 1.35 bits per heavy atom. The zero-order valence-corrected chi connectivity index (χ0v) is 12.0. The highest BCUT2D eigenvalue weighted by Gasteiger charge is 2.17. The third-order valence-corrected chi connectivity index (χ3v) is 3.95. The molecule has 0 aliphatic carbocycles. The molecule has 0 saturated carbocycles. The number of nitrogens with zero attached hydrogens (tertiary/aromatic N) is 3. The highest BCUT2D eigenvalue weighted by Crippen LogP contribution is 2.16. The molecule has 4 nitrogen and oxygen atoms in total. The molecular formula is C16H22N4. The smallest absolute Gasteiger partial charge is 0.0674 e. The summed E-state index contributed by atoms with van der Waals surface area (Å²) in [6.45, 7) is 5.19. The number of hydrogen-bond donors (Lipinski definition) is 1. The van der Waals surface area contributed by atoms with Crippen LogP contribution in [0.25, 0.3) is 5.69 Å². The Bertz CT molecular complexity index is 575. The molecule has 20 heavy (non-hydrogen) atoms. The zero-order chi connectivity index (χ0) is 13.9. The van der Waals surface area contributed by atoms with Crippen LogP contribution in [0.3, 0.4) is 0 Å². The lowest BCUT2D eigenvalue weighted by molar-refractivity contribution is 0.201. The molecule has 2 N–H and O–H groups in total. The molecule has 3 rings (SSSR count). The van der Waals surface area contributed by atoms with Gasteiger partial charge in [-0.2, -0.15) is 5.10 Å². The fraction of sp³-hybridized carbons (Fsp3) is 0.438. The van der Waals surface area contributed by atoms with Crippen molar-refractivity contribution in [1.29, 1.82) is 0 Å². The first-order valence-corrected chi connectivity index (χ1v) is 7.30. The Hall–Kier alpha value is -1.65. The zero-order valence-electron chi connectivity index (χ0n) is 12.0. The molecule has 0 spiro atoms. The van der Waals surface area contributed by atoms with E-state index < -0.39 is 0 Å². The predicted molar refractivity (Wildman–Crippen MR) is 80.8 cm³/mol. The summed E-state index contributed by atoms with van der Waals surface area (Å²) in [5.41, 5.74) is 9.67.